The second-order valence-electron chi connectivity index (χ2n) is 4.94. The summed E-state index contributed by atoms with van der Waals surface area (Å²) in [5, 5.41) is 0. The first-order chi connectivity index (χ1) is 9.16. The van der Waals surface area contributed by atoms with Crippen LogP contribution in [-0.2, 0) is 15.1 Å². The minimum absolute atomic E-state index is 0.00335. The first-order valence-electron chi connectivity index (χ1n) is 6.33. The van der Waals surface area contributed by atoms with E-state index in [-0.39, 0.29) is 17.8 Å². The molecule has 3 rings (SSSR count). The number of ether oxygens (including phenoxy) is 1. The van der Waals surface area contributed by atoms with Crippen LogP contribution < -0.4 is 0 Å². The summed E-state index contributed by atoms with van der Waals surface area (Å²) in [6.45, 7) is 1.15. The van der Waals surface area contributed by atoms with Crippen LogP contribution in [0.4, 0.5) is 0 Å². The smallest absolute Gasteiger partial charge is 0.339 e. The Morgan fingerprint density at radius 2 is 2.00 bits per heavy atom. The molecule has 0 unspecified atom stereocenters. The number of nitrogens with zero attached hydrogens (tertiary/aromatic N) is 1. The van der Waals surface area contributed by atoms with E-state index in [0.29, 0.717) is 31.5 Å². The number of hydrogen-bond donors (Lipinski definition) is 0. The van der Waals surface area contributed by atoms with Crippen molar-refractivity contribution in [1.82, 2.24) is 4.90 Å². The lowest BCUT2D eigenvalue weighted by Gasteiger charge is -2.38. The van der Waals surface area contributed by atoms with Gasteiger partial charge in [0.25, 0.3) is 0 Å². The number of esters is 1. The van der Waals surface area contributed by atoms with Crippen molar-refractivity contribution in [1.29, 1.82) is 0 Å². The molecule has 1 saturated heterocycles. The molecule has 1 spiro atoms. The average Bonchev–Trinajstić information content (AvgIpc) is 2.72. The van der Waals surface area contributed by atoms with Crippen LogP contribution in [0.25, 0.3) is 0 Å². The van der Waals surface area contributed by atoms with Gasteiger partial charge >= 0.3 is 5.97 Å². The van der Waals surface area contributed by atoms with Crippen LogP contribution in [-0.4, -0.2) is 35.7 Å². The van der Waals surface area contributed by atoms with Gasteiger partial charge in [0, 0.05) is 31.5 Å². The highest BCUT2D eigenvalue weighted by molar-refractivity contribution is 6.27. The fourth-order valence-corrected chi connectivity index (χ4v) is 3.09. The fraction of sp³-hybridized carbons (Fsp3) is 0.429. The molecule has 0 saturated carbocycles. The highest BCUT2D eigenvalue weighted by Crippen LogP contribution is 2.43. The highest BCUT2D eigenvalue weighted by Gasteiger charge is 2.47. The van der Waals surface area contributed by atoms with Crippen molar-refractivity contribution in [3.63, 3.8) is 0 Å². The zero-order valence-corrected chi connectivity index (χ0v) is 11.2. The molecule has 0 aromatic heterocycles. The SMILES string of the molecule is O=C1OC2(CCN(C(=O)CCl)CC2)c2ccccc21. The minimum atomic E-state index is -0.545. The van der Waals surface area contributed by atoms with Gasteiger partial charge in [0.1, 0.15) is 11.5 Å². The van der Waals surface area contributed by atoms with Crippen LogP contribution in [0.5, 0.6) is 0 Å². The topological polar surface area (TPSA) is 46.6 Å². The number of hydrogen-bond acceptors (Lipinski definition) is 3. The third-order valence-electron chi connectivity index (χ3n) is 3.96. The number of rotatable bonds is 1. The molecule has 1 fully saturated rings. The van der Waals surface area contributed by atoms with E-state index in [4.69, 9.17) is 16.3 Å². The van der Waals surface area contributed by atoms with E-state index in [1.807, 2.05) is 18.2 Å². The monoisotopic (exact) mass is 279 g/mol. The quantitative estimate of drug-likeness (QED) is 0.583. The van der Waals surface area contributed by atoms with Crippen LogP contribution in [0.1, 0.15) is 28.8 Å². The molecular formula is C14H14ClNO3. The summed E-state index contributed by atoms with van der Waals surface area (Å²) in [7, 11) is 0. The molecule has 1 aromatic carbocycles. The molecule has 1 aromatic rings. The summed E-state index contributed by atoms with van der Waals surface area (Å²) >= 11 is 5.56. The van der Waals surface area contributed by atoms with Gasteiger partial charge in [-0.15, -0.1) is 11.6 Å². The Labute approximate surface area is 116 Å². The maximum atomic E-state index is 11.9. The van der Waals surface area contributed by atoms with E-state index < -0.39 is 5.60 Å². The number of likely N-dealkylation sites (tertiary alicyclic amines) is 1. The number of alkyl halides is 1. The van der Waals surface area contributed by atoms with Crippen molar-refractivity contribution in [3.05, 3.63) is 35.4 Å². The molecule has 0 radical (unpaired) electrons. The van der Waals surface area contributed by atoms with Gasteiger partial charge in [-0.2, -0.15) is 0 Å². The lowest BCUT2D eigenvalue weighted by atomic mass is 9.84. The van der Waals surface area contributed by atoms with Gasteiger partial charge in [0.2, 0.25) is 5.91 Å². The first-order valence-corrected chi connectivity index (χ1v) is 6.86. The predicted octanol–water partition coefficient (Wildman–Crippen LogP) is 1.91. The van der Waals surface area contributed by atoms with Crippen molar-refractivity contribution in [2.75, 3.05) is 19.0 Å². The van der Waals surface area contributed by atoms with Crippen LogP contribution in [0, 0.1) is 0 Å². The van der Waals surface area contributed by atoms with Crippen molar-refractivity contribution < 1.29 is 14.3 Å². The lowest BCUT2D eigenvalue weighted by Crippen LogP contribution is -2.45. The molecule has 2 aliphatic rings. The number of carbonyl (C=O) groups is 2. The van der Waals surface area contributed by atoms with E-state index in [1.165, 1.54) is 0 Å². The van der Waals surface area contributed by atoms with Gasteiger partial charge in [-0.05, 0) is 6.07 Å². The van der Waals surface area contributed by atoms with Gasteiger partial charge in [-0.25, -0.2) is 4.79 Å². The Morgan fingerprint density at radius 1 is 1.32 bits per heavy atom. The van der Waals surface area contributed by atoms with Crippen molar-refractivity contribution >= 4 is 23.5 Å². The summed E-state index contributed by atoms with van der Waals surface area (Å²) in [6, 6.07) is 7.49. The standard InChI is InChI=1S/C14H14ClNO3/c15-9-12(17)16-7-5-14(6-8-16)11-4-2-1-3-10(11)13(18)19-14/h1-4H,5-9H2. The van der Waals surface area contributed by atoms with E-state index in [0.717, 1.165) is 5.56 Å². The zero-order chi connectivity index (χ0) is 13.5. The molecule has 2 heterocycles. The number of halogens is 1. The van der Waals surface area contributed by atoms with Crippen molar-refractivity contribution in [2.24, 2.45) is 0 Å². The van der Waals surface area contributed by atoms with Crippen molar-refractivity contribution in [3.8, 4) is 0 Å². The van der Waals surface area contributed by atoms with E-state index >= 15 is 0 Å². The number of amides is 1. The molecule has 4 nitrogen and oxygen atoms in total. The second kappa shape index (κ2) is 4.53. The highest BCUT2D eigenvalue weighted by atomic mass is 35.5. The summed E-state index contributed by atoms with van der Waals surface area (Å²) in [5.74, 6) is -0.314. The maximum Gasteiger partial charge on any atom is 0.339 e. The average molecular weight is 280 g/mol. The molecule has 5 heteroatoms. The van der Waals surface area contributed by atoms with Crippen LogP contribution >= 0.6 is 11.6 Å². The molecule has 100 valence electrons. The Bertz CT molecular complexity index is 535. The molecule has 2 aliphatic heterocycles. The molecule has 0 N–H and O–H groups in total. The van der Waals surface area contributed by atoms with Gasteiger partial charge in [0.05, 0.1) is 5.56 Å². The lowest BCUT2D eigenvalue weighted by molar-refractivity contribution is -0.132. The zero-order valence-electron chi connectivity index (χ0n) is 10.4. The molecule has 0 aliphatic carbocycles. The molecule has 0 atom stereocenters. The van der Waals surface area contributed by atoms with Crippen molar-refractivity contribution in [2.45, 2.75) is 18.4 Å². The fourth-order valence-electron chi connectivity index (χ4n) is 2.92. The van der Waals surface area contributed by atoms with Gasteiger partial charge in [-0.3, -0.25) is 4.79 Å². The van der Waals surface area contributed by atoms with Crippen LogP contribution in [0.15, 0.2) is 24.3 Å². The van der Waals surface area contributed by atoms with Crippen LogP contribution in [0.3, 0.4) is 0 Å². The molecule has 1 amide bonds. The summed E-state index contributed by atoms with van der Waals surface area (Å²) in [6.07, 6.45) is 1.27. The first kappa shape index (κ1) is 12.5. The summed E-state index contributed by atoms with van der Waals surface area (Å²) < 4.78 is 5.61. The molecule has 19 heavy (non-hydrogen) atoms. The summed E-state index contributed by atoms with van der Waals surface area (Å²) in [5.41, 5.74) is 1.06. The Hall–Kier alpha value is -1.55. The van der Waals surface area contributed by atoms with E-state index in [1.54, 1.807) is 11.0 Å². The van der Waals surface area contributed by atoms with E-state index in [9.17, 15) is 9.59 Å². The van der Waals surface area contributed by atoms with Gasteiger partial charge in [-0.1, -0.05) is 18.2 Å². The third-order valence-corrected chi connectivity index (χ3v) is 4.19. The largest absolute Gasteiger partial charge is 0.450 e. The van der Waals surface area contributed by atoms with Crippen LogP contribution in [0.2, 0.25) is 0 Å². The molecule has 0 bridgehead atoms. The Morgan fingerprint density at radius 3 is 2.68 bits per heavy atom. The normalized spacial score (nSPS) is 20.3. The maximum absolute atomic E-state index is 11.9. The Balaban J connectivity index is 1.85. The third kappa shape index (κ3) is 1.91. The number of piperidine rings is 1. The van der Waals surface area contributed by atoms with Gasteiger partial charge in [0.15, 0.2) is 0 Å². The number of benzene rings is 1. The number of fused-ring (bicyclic) bond motifs is 2. The van der Waals surface area contributed by atoms with Gasteiger partial charge < -0.3 is 9.64 Å². The number of carbonyl (C=O) groups excluding carboxylic acids is 2. The second-order valence-corrected chi connectivity index (χ2v) is 5.21. The Kier molecular flexibility index (Phi) is 2.97. The summed E-state index contributed by atoms with van der Waals surface area (Å²) in [4.78, 5) is 25.2. The molecular weight excluding hydrogens is 266 g/mol. The predicted molar refractivity (Wildman–Crippen MR) is 70.1 cm³/mol. The minimum Gasteiger partial charge on any atom is -0.450 e. The van der Waals surface area contributed by atoms with E-state index in [2.05, 4.69) is 0 Å².